The van der Waals surface area contributed by atoms with Crippen LogP contribution in [-0.2, 0) is 15.1 Å². The fraction of sp³-hybridized carbons (Fsp3) is 0.0833. The summed E-state index contributed by atoms with van der Waals surface area (Å²) in [6.07, 6.45) is 1.36. The quantitative estimate of drug-likeness (QED) is 0.358. The lowest BCUT2D eigenvalue weighted by molar-refractivity contribution is -0.127. The first-order valence-electron chi connectivity index (χ1n) is 9.83. The second kappa shape index (κ2) is 8.81. The number of hydrazone groups is 1. The molecule has 0 unspecified atom stereocenters. The third-order valence-electron chi connectivity index (χ3n) is 5.16. The minimum Gasteiger partial charge on any atom is -0.292 e. The third kappa shape index (κ3) is 3.85. The number of halogens is 1. The highest BCUT2D eigenvalue weighted by Crippen LogP contribution is 2.39. The second-order valence-corrected chi connectivity index (χ2v) is 7.13. The molecule has 1 saturated heterocycles. The molecule has 1 fully saturated rings. The molecule has 0 spiro atoms. The fourth-order valence-electron chi connectivity index (χ4n) is 3.73. The van der Waals surface area contributed by atoms with E-state index in [1.165, 1.54) is 35.4 Å². The van der Waals surface area contributed by atoms with Crippen molar-refractivity contribution in [3.63, 3.8) is 0 Å². The number of nitrogens with zero attached hydrogens (tertiary/aromatic N) is 2. The van der Waals surface area contributed by atoms with Gasteiger partial charge in [0.25, 0.3) is 11.8 Å². The van der Waals surface area contributed by atoms with Crippen LogP contribution in [0.1, 0.15) is 16.7 Å². The number of rotatable bonds is 6. The van der Waals surface area contributed by atoms with Crippen LogP contribution < -0.4 is 10.7 Å². The summed E-state index contributed by atoms with van der Waals surface area (Å²) in [6, 6.07) is 22.5. The van der Waals surface area contributed by atoms with Gasteiger partial charge in [0.05, 0.1) is 6.21 Å². The van der Waals surface area contributed by atoms with Gasteiger partial charge in [0.2, 0.25) is 0 Å². The van der Waals surface area contributed by atoms with Gasteiger partial charge in [-0.25, -0.2) is 14.6 Å². The summed E-state index contributed by atoms with van der Waals surface area (Å²) < 4.78 is 13.0. The molecule has 32 heavy (non-hydrogen) atoms. The molecule has 0 saturated carbocycles. The number of benzene rings is 3. The first-order valence-corrected chi connectivity index (χ1v) is 9.83. The molecular formula is C24H19FN4O3. The van der Waals surface area contributed by atoms with Gasteiger partial charge < -0.3 is 0 Å². The molecule has 0 aliphatic carbocycles. The molecule has 1 heterocycles. The van der Waals surface area contributed by atoms with Gasteiger partial charge in [-0.05, 0) is 28.8 Å². The number of nitrogens with one attached hydrogen (secondary N) is 2. The maximum absolute atomic E-state index is 13.2. The zero-order chi connectivity index (χ0) is 22.6. The Balaban J connectivity index is 1.63. The van der Waals surface area contributed by atoms with Gasteiger partial charge in [-0.2, -0.15) is 5.10 Å². The highest BCUT2D eigenvalue weighted by Gasteiger charge is 2.55. The van der Waals surface area contributed by atoms with Crippen molar-refractivity contribution in [2.45, 2.75) is 5.54 Å². The highest BCUT2D eigenvalue weighted by atomic mass is 19.1. The van der Waals surface area contributed by atoms with Gasteiger partial charge in [-0.1, -0.05) is 72.8 Å². The second-order valence-electron chi connectivity index (χ2n) is 7.13. The SMILES string of the molecule is O=C(CN1C(=O)NC(=O)C1(c1ccccc1)c1ccccc1)N/N=C/c1ccc(F)cc1. The molecule has 0 aromatic heterocycles. The predicted octanol–water partition coefficient (Wildman–Crippen LogP) is 2.77. The van der Waals surface area contributed by atoms with Crippen LogP contribution in [-0.4, -0.2) is 35.5 Å². The number of hydrogen-bond acceptors (Lipinski definition) is 4. The first kappa shape index (κ1) is 20.9. The molecule has 1 aliphatic rings. The van der Waals surface area contributed by atoms with E-state index in [9.17, 15) is 18.8 Å². The van der Waals surface area contributed by atoms with E-state index in [-0.39, 0.29) is 5.82 Å². The van der Waals surface area contributed by atoms with Crippen LogP contribution >= 0.6 is 0 Å². The lowest BCUT2D eigenvalue weighted by Crippen LogP contribution is -2.51. The molecule has 0 atom stereocenters. The van der Waals surface area contributed by atoms with E-state index in [1.807, 2.05) is 0 Å². The molecule has 3 aromatic rings. The van der Waals surface area contributed by atoms with Gasteiger partial charge in [-0.3, -0.25) is 19.8 Å². The average Bonchev–Trinajstić information content (AvgIpc) is 3.06. The molecule has 0 bridgehead atoms. The summed E-state index contributed by atoms with van der Waals surface area (Å²) in [4.78, 5) is 39.7. The van der Waals surface area contributed by atoms with E-state index in [0.717, 1.165) is 0 Å². The van der Waals surface area contributed by atoms with Crippen molar-refractivity contribution in [1.82, 2.24) is 15.6 Å². The summed E-state index contributed by atoms with van der Waals surface area (Å²) in [7, 11) is 0. The highest BCUT2D eigenvalue weighted by molar-refractivity contribution is 6.10. The third-order valence-corrected chi connectivity index (χ3v) is 5.16. The van der Waals surface area contributed by atoms with Crippen molar-refractivity contribution >= 4 is 24.1 Å². The summed E-state index contributed by atoms with van der Waals surface area (Å²) in [6.45, 7) is -0.415. The lowest BCUT2D eigenvalue weighted by atomic mass is 9.81. The zero-order valence-electron chi connectivity index (χ0n) is 16.9. The molecule has 3 aromatic carbocycles. The number of carbonyl (C=O) groups is 3. The lowest BCUT2D eigenvalue weighted by Gasteiger charge is -2.35. The molecule has 160 valence electrons. The number of urea groups is 1. The fourth-order valence-corrected chi connectivity index (χ4v) is 3.73. The summed E-state index contributed by atoms with van der Waals surface area (Å²) in [5, 5.41) is 6.20. The normalized spacial score (nSPS) is 15.1. The Morgan fingerprint density at radius 1 is 0.938 bits per heavy atom. The molecular weight excluding hydrogens is 411 g/mol. The van der Waals surface area contributed by atoms with Crippen molar-refractivity contribution in [2.75, 3.05) is 6.54 Å². The molecule has 7 nitrogen and oxygen atoms in total. The van der Waals surface area contributed by atoms with E-state index in [4.69, 9.17) is 0 Å². The van der Waals surface area contributed by atoms with Gasteiger partial charge >= 0.3 is 6.03 Å². The van der Waals surface area contributed by atoms with Crippen LogP contribution in [0.25, 0.3) is 0 Å². The summed E-state index contributed by atoms with van der Waals surface area (Å²) in [5.74, 6) is -1.51. The van der Waals surface area contributed by atoms with Crippen LogP contribution in [0.2, 0.25) is 0 Å². The number of carbonyl (C=O) groups excluding carboxylic acids is 3. The van der Waals surface area contributed by atoms with E-state index in [1.54, 1.807) is 60.7 Å². The van der Waals surface area contributed by atoms with E-state index >= 15 is 0 Å². The summed E-state index contributed by atoms with van der Waals surface area (Å²) in [5.41, 5.74) is 2.54. The standard InChI is InChI=1S/C24H19FN4O3/c25-20-13-11-17(12-14-20)15-26-28-21(30)16-29-23(32)27-22(31)24(29,18-7-3-1-4-8-18)19-9-5-2-6-10-19/h1-15H,16H2,(H,28,30)(H,27,31,32)/b26-15+. The van der Waals surface area contributed by atoms with Crippen LogP contribution in [0.3, 0.4) is 0 Å². The topological polar surface area (TPSA) is 90.9 Å². The van der Waals surface area contributed by atoms with Gasteiger partial charge in [0.1, 0.15) is 12.4 Å². The van der Waals surface area contributed by atoms with Gasteiger partial charge in [0.15, 0.2) is 5.54 Å². The minimum absolute atomic E-state index is 0.380. The van der Waals surface area contributed by atoms with E-state index < -0.39 is 29.9 Å². The number of imide groups is 1. The Bertz CT molecular complexity index is 1130. The van der Waals surface area contributed by atoms with Crippen molar-refractivity contribution in [2.24, 2.45) is 5.10 Å². The predicted molar refractivity (Wildman–Crippen MR) is 116 cm³/mol. The number of amides is 4. The molecule has 0 radical (unpaired) electrons. The Hall–Kier alpha value is -4.33. The Morgan fingerprint density at radius 2 is 1.50 bits per heavy atom. The monoisotopic (exact) mass is 430 g/mol. The van der Waals surface area contributed by atoms with Crippen LogP contribution in [0.5, 0.6) is 0 Å². The first-order chi connectivity index (χ1) is 15.5. The Labute approximate surface area is 183 Å². The van der Waals surface area contributed by atoms with Crippen LogP contribution in [0.15, 0.2) is 90.0 Å². The molecule has 2 N–H and O–H groups in total. The Morgan fingerprint density at radius 3 is 2.06 bits per heavy atom. The minimum atomic E-state index is -1.50. The maximum atomic E-state index is 13.2. The smallest absolute Gasteiger partial charge is 0.292 e. The van der Waals surface area contributed by atoms with Crippen molar-refractivity contribution in [1.29, 1.82) is 0 Å². The number of hydrogen-bond donors (Lipinski definition) is 2. The Kier molecular flexibility index (Phi) is 5.76. The van der Waals surface area contributed by atoms with Gasteiger partial charge in [-0.15, -0.1) is 0 Å². The molecule has 1 aliphatic heterocycles. The summed E-state index contributed by atoms with van der Waals surface area (Å²) >= 11 is 0. The largest absolute Gasteiger partial charge is 0.326 e. The van der Waals surface area contributed by atoms with E-state index in [2.05, 4.69) is 15.8 Å². The van der Waals surface area contributed by atoms with E-state index in [0.29, 0.717) is 16.7 Å². The zero-order valence-corrected chi connectivity index (χ0v) is 16.9. The van der Waals surface area contributed by atoms with Crippen LogP contribution in [0, 0.1) is 5.82 Å². The van der Waals surface area contributed by atoms with Gasteiger partial charge in [0, 0.05) is 0 Å². The van der Waals surface area contributed by atoms with Crippen LogP contribution in [0.4, 0.5) is 9.18 Å². The maximum Gasteiger partial charge on any atom is 0.326 e. The average molecular weight is 430 g/mol. The molecule has 4 amide bonds. The molecule has 4 rings (SSSR count). The van der Waals surface area contributed by atoms with Crippen molar-refractivity contribution in [3.05, 3.63) is 107 Å². The van der Waals surface area contributed by atoms with Crippen molar-refractivity contribution in [3.8, 4) is 0 Å². The molecule has 8 heteroatoms. The van der Waals surface area contributed by atoms with Crippen molar-refractivity contribution < 1.29 is 18.8 Å².